The van der Waals surface area contributed by atoms with Crippen molar-refractivity contribution >= 4 is 34.8 Å². The minimum atomic E-state index is 0.0980. The summed E-state index contributed by atoms with van der Waals surface area (Å²) in [5.41, 5.74) is 0.0980. The topological polar surface area (TPSA) is 40.5 Å². The molecule has 0 aromatic carbocycles. The SMILES string of the molecule is CCC(C)(CO)CCCCc1ccc(/C=C\c2ccc(CCCCC(C)CO)s2)s1. The summed E-state index contributed by atoms with van der Waals surface area (Å²) in [4.78, 5) is 5.57. The van der Waals surface area contributed by atoms with Crippen LogP contribution >= 0.6 is 22.7 Å². The molecule has 0 aliphatic carbocycles. The normalized spacial score (nSPS) is 15.0. The maximum absolute atomic E-state index is 9.53. The second-order valence-electron chi connectivity index (χ2n) is 9.00. The Labute approximate surface area is 191 Å². The van der Waals surface area contributed by atoms with Crippen molar-refractivity contribution in [3.63, 3.8) is 0 Å². The number of thiophene rings is 2. The third-order valence-electron chi connectivity index (χ3n) is 6.15. The molecule has 2 heterocycles. The van der Waals surface area contributed by atoms with E-state index in [1.54, 1.807) is 0 Å². The van der Waals surface area contributed by atoms with Crippen LogP contribution in [0.5, 0.6) is 0 Å². The summed E-state index contributed by atoms with van der Waals surface area (Å²) < 4.78 is 0. The van der Waals surface area contributed by atoms with Gasteiger partial charge in [0, 0.05) is 32.7 Å². The van der Waals surface area contributed by atoms with Gasteiger partial charge in [-0.25, -0.2) is 0 Å². The molecule has 2 unspecified atom stereocenters. The second kappa shape index (κ2) is 13.5. The first-order chi connectivity index (χ1) is 14.5. The fraction of sp³-hybridized carbons (Fsp3) is 0.615. The molecular formula is C26H40O2S2. The minimum absolute atomic E-state index is 0.0980. The Balaban J connectivity index is 1.72. The van der Waals surface area contributed by atoms with E-state index in [-0.39, 0.29) is 5.41 Å². The predicted octanol–water partition coefficient (Wildman–Crippen LogP) is 7.44. The zero-order valence-corrected chi connectivity index (χ0v) is 20.7. The van der Waals surface area contributed by atoms with E-state index in [1.807, 2.05) is 22.7 Å². The Morgan fingerprint density at radius 1 is 0.900 bits per heavy atom. The molecule has 2 rings (SSSR count). The van der Waals surface area contributed by atoms with Gasteiger partial charge in [-0.2, -0.15) is 0 Å². The van der Waals surface area contributed by atoms with Gasteiger partial charge < -0.3 is 10.2 Å². The lowest BCUT2D eigenvalue weighted by atomic mass is 9.83. The highest BCUT2D eigenvalue weighted by Gasteiger charge is 2.19. The highest BCUT2D eigenvalue weighted by Crippen LogP contribution is 2.29. The number of aliphatic hydroxyl groups is 2. The number of aliphatic hydroxyl groups excluding tert-OH is 2. The van der Waals surface area contributed by atoms with Crippen LogP contribution in [-0.4, -0.2) is 23.4 Å². The third kappa shape index (κ3) is 9.05. The van der Waals surface area contributed by atoms with Crippen LogP contribution in [0.2, 0.25) is 0 Å². The van der Waals surface area contributed by atoms with Gasteiger partial charge in [0.2, 0.25) is 0 Å². The van der Waals surface area contributed by atoms with Crippen molar-refractivity contribution in [3.05, 3.63) is 43.8 Å². The molecule has 2 nitrogen and oxygen atoms in total. The van der Waals surface area contributed by atoms with E-state index in [2.05, 4.69) is 57.2 Å². The van der Waals surface area contributed by atoms with Crippen molar-refractivity contribution in [2.24, 2.45) is 11.3 Å². The van der Waals surface area contributed by atoms with Crippen LogP contribution < -0.4 is 0 Å². The highest BCUT2D eigenvalue weighted by atomic mass is 32.1. The van der Waals surface area contributed by atoms with Crippen LogP contribution in [0.25, 0.3) is 12.2 Å². The first-order valence-corrected chi connectivity index (χ1v) is 13.2. The van der Waals surface area contributed by atoms with Gasteiger partial charge in [0.05, 0.1) is 0 Å². The van der Waals surface area contributed by atoms with Gasteiger partial charge in [-0.05, 0) is 92.7 Å². The van der Waals surface area contributed by atoms with Crippen molar-refractivity contribution in [2.45, 2.75) is 78.6 Å². The molecule has 0 amide bonds. The quantitative estimate of drug-likeness (QED) is 0.278. The standard InChI is InChI=1S/C26H40O2S2/c1-4-26(3,20-28)18-8-7-11-23-13-15-25(30-23)17-16-24-14-12-22(29-24)10-6-5-9-21(2)19-27/h12-17,21,27-28H,4-11,18-20H2,1-3H3/b17-16-. The summed E-state index contributed by atoms with van der Waals surface area (Å²) in [7, 11) is 0. The van der Waals surface area contributed by atoms with Crippen LogP contribution in [0.3, 0.4) is 0 Å². The van der Waals surface area contributed by atoms with Crippen molar-refractivity contribution in [3.8, 4) is 0 Å². The second-order valence-corrected chi connectivity index (χ2v) is 11.4. The van der Waals surface area contributed by atoms with Crippen LogP contribution in [-0.2, 0) is 12.8 Å². The fourth-order valence-corrected chi connectivity index (χ4v) is 5.42. The van der Waals surface area contributed by atoms with E-state index in [0.717, 1.165) is 32.1 Å². The molecule has 2 aromatic rings. The Kier molecular flexibility index (Phi) is 11.4. The summed E-state index contributed by atoms with van der Waals surface area (Å²) in [5, 5.41) is 18.6. The molecule has 0 aliphatic heterocycles. The van der Waals surface area contributed by atoms with Crippen molar-refractivity contribution in [1.29, 1.82) is 0 Å². The van der Waals surface area contributed by atoms with Crippen LogP contribution in [0, 0.1) is 11.3 Å². The molecule has 30 heavy (non-hydrogen) atoms. The Bertz CT molecular complexity index is 740. The van der Waals surface area contributed by atoms with Gasteiger partial charge in [-0.15, -0.1) is 22.7 Å². The molecule has 0 spiro atoms. The van der Waals surface area contributed by atoms with Crippen molar-refractivity contribution in [2.75, 3.05) is 13.2 Å². The maximum atomic E-state index is 9.53. The minimum Gasteiger partial charge on any atom is -0.396 e. The smallest absolute Gasteiger partial charge is 0.0484 e. The van der Waals surface area contributed by atoms with E-state index in [1.165, 1.54) is 45.2 Å². The van der Waals surface area contributed by atoms with E-state index in [0.29, 0.717) is 19.1 Å². The average molecular weight is 449 g/mol. The molecule has 168 valence electrons. The van der Waals surface area contributed by atoms with Crippen LogP contribution in [0.4, 0.5) is 0 Å². The van der Waals surface area contributed by atoms with E-state index in [9.17, 15) is 5.11 Å². The number of rotatable bonds is 15. The van der Waals surface area contributed by atoms with Crippen LogP contribution in [0.1, 0.15) is 85.2 Å². The predicted molar refractivity (Wildman–Crippen MR) is 134 cm³/mol. The number of hydrogen-bond donors (Lipinski definition) is 2. The van der Waals surface area contributed by atoms with Gasteiger partial charge in [0.1, 0.15) is 0 Å². The van der Waals surface area contributed by atoms with Gasteiger partial charge >= 0.3 is 0 Å². The number of aryl methyl sites for hydroxylation is 2. The Morgan fingerprint density at radius 2 is 1.47 bits per heavy atom. The maximum Gasteiger partial charge on any atom is 0.0484 e. The summed E-state index contributed by atoms with van der Waals surface area (Å²) in [6, 6.07) is 8.99. The molecule has 2 aromatic heterocycles. The Morgan fingerprint density at radius 3 is 1.97 bits per heavy atom. The molecule has 0 radical (unpaired) electrons. The molecular weight excluding hydrogens is 408 g/mol. The van der Waals surface area contributed by atoms with Crippen molar-refractivity contribution < 1.29 is 10.2 Å². The molecule has 0 saturated heterocycles. The third-order valence-corrected chi connectivity index (χ3v) is 8.37. The molecule has 4 heteroatoms. The summed E-state index contributed by atoms with van der Waals surface area (Å²) in [6.07, 6.45) is 14.8. The fourth-order valence-electron chi connectivity index (χ4n) is 3.50. The first-order valence-electron chi connectivity index (χ1n) is 11.5. The average Bonchev–Trinajstić information content (AvgIpc) is 3.41. The van der Waals surface area contributed by atoms with Crippen LogP contribution in [0.15, 0.2) is 24.3 Å². The molecule has 0 fully saturated rings. The van der Waals surface area contributed by atoms with Gasteiger partial charge in [0.25, 0.3) is 0 Å². The van der Waals surface area contributed by atoms with Gasteiger partial charge in [-0.3, -0.25) is 0 Å². The number of hydrogen-bond acceptors (Lipinski definition) is 4. The zero-order chi connectivity index (χ0) is 21.8. The van der Waals surface area contributed by atoms with E-state index >= 15 is 0 Å². The lowest BCUT2D eigenvalue weighted by Crippen LogP contribution is -2.19. The lowest BCUT2D eigenvalue weighted by molar-refractivity contribution is 0.125. The Hall–Kier alpha value is -0.940. The first kappa shape index (κ1) is 25.3. The highest BCUT2D eigenvalue weighted by molar-refractivity contribution is 7.13. The monoisotopic (exact) mass is 448 g/mol. The molecule has 2 N–H and O–H groups in total. The summed E-state index contributed by atoms with van der Waals surface area (Å²) in [6.45, 7) is 7.08. The van der Waals surface area contributed by atoms with Gasteiger partial charge in [-0.1, -0.05) is 33.6 Å². The summed E-state index contributed by atoms with van der Waals surface area (Å²) >= 11 is 3.79. The molecule has 0 saturated carbocycles. The number of unbranched alkanes of at least 4 members (excludes halogenated alkanes) is 2. The molecule has 2 atom stereocenters. The lowest BCUT2D eigenvalue weighted by Gasteiger charge is -2.25. The largest absolute Gasteiger partial charge is 0.396 e. The summed E-state index contributed by atoms with van der Waals surface area (Å²) in [5.74, 6) is 0.430. The zero-order valence-electron chi connectivity index (χ0n) is 19.0. The van der Waals surface area contributed by atoms with E-state index < -0.39 is 0 Å². The van der Waals surface area contributed by atoms with Crippen molar-refractivity contribution in [1.82, 2.24) is 0 Å². The molecule has 0 bridgehead atoms. The van der Waals surface area contributed by atoms with E-state index in [4.69, 9.17) is 5.11 Å². The molecule has 0 aliphatic rings. The van der Waals surface area contributed by atoms with Gasteiger partial charge in [0.15, 0.2) is 0 Å².